The number of hydrogen-bond donors (Lipinski definition) is 1. The summed E-state index contributed by atoms with van der Waals surface area (Å²) in [6.45, 7) is 4.73. The van der Waals surface area contributed by atoms with Crippen LogP contribution in [0.15, 0.2) is 24.3 Å². The average Bonchev–Trinajstić information content (AvgIpc) is 2.36. The summed E-state index contributed by atoms with van der Waals surface area (Å²) in [5.41, 5.74) is 0. The van der Waals surface area contributed by atoms with Gasteiger partial charge in [0.05, 0.1) is 0 Å². The fourth-order valence-corrected chi connectivity index (χ4v) is 1.80. The highest BCUT2D eigenvalue weighted by atomic mass is 16.3. The van der Waals surface area contributed by atoms with Gasteiger partial charge in [-0.05, 0) is 44.4 Å². The molecule has 1 nitrogen and oxygen atoms in total. The highest BCUT2D eigenvalue weighted by Crippen LogP contribution is 2.14. The number of allylic oxidation sites excluding steroid dienone is 4. The normalized spacial score (nSPS) is 13.8. The molecule has 0 unspecified atom stereocenters. The molecule has 0 radical (unpaired) electrons. The zero-order chi connectivity index (χ0) is 12.8. The molecular formula is C16H30O. The minimum Gasteiger partial charge on any atom is -0.396 e. The Morgan fingerprint density at radius 3 is 1.53 bits per heavy atom. The first-order valence-electron chi connectivity index (χ1n) is 7.25. The third-order valence-electron chi connectivity index (χ3n) is 2.99. The van der Waals surface area contributed by atoms with Gasteiger partial charge in [0.1, 0.15) is 0 Å². The molecule has 0 bridgehead atoms. The van der Waals surface area contributed by atoms with Crippen LogP contribution in [0.1, 0.15) is 65.2 Å². The highest BCUT2D eigenvalue weighted by molar-refractivity contribution is 4.84. The van der Waals surface area contributed by atoms with Crippen molar-refractivity contribution < 1.29 is 5.11 Å². The van der Waals surface area contributed by atoms with Gasteiger partial charge in [-0.3, -0.25) is 0 Å². The van der Waals surface area contributed by atoms with E-state index < -0.39 is 0 Å². The summed E-state index contributed by atoms with van der Waals surface area (Å²) in [6.07, 6.45) is 18.3. The second-order valence-corrected chi connectivity index (χ2v) is 4.72. The molecule has 17 heavy (non-hydrogen) atoms. The van der Waals surface area contributed by atoms with Gasteiger partial charge in [-0.1, -0.05) is 51.0 Å². The molecule has 0 rings (SSSR count). The molecule has 0 aliphatic carbocycles. The Labute approximate surface area is 108 Å². The van der Waals surface area contributed by atoms with Gasteiger partial charge in [0.25, 0.3) is 0 Å². The van der Waals surface area contributed by atoms with Crippen molar-refractivity contribution in [1.29, 1.82) is 0 Å². The Morgan fingerprint density at radius 2 is 1.18 bits per heavy atom. The lowest BCUT2D eigenvalue weighted by molar-refractivity contribution is 0.212. The lowest BCUT2D eigenvalue weighted by atomic mass is 9.98. The third-order valence-corrected chi connectivity index (χ3v) is 2.99. The van der Waals surface area contributed by atoms with Crippen molar-refractivity contribution in [2.24, 2.45) is 5.92 Å². The van der Waals surface area contributed by atoms with Crippen LogP contribution in [0.3, 0.4) is 0 Å². The van der Waals surface area contributed by atoms with E-state index in [1.165, 1.54) is 25.7 Å². The van der Waals surface area contributed by atoms with Gasteiger partial charge in [0, 0.05) is 6.61 Å². The van der Waals surface area contributed by atoms with E-state index in [0.717, 1.165) is 25.7 Å². The second kappa shape index (κ2) is 13.5. The number of aliphatic hydroxyl groups excluding tert-OH is 1. The summed E-state index contributed by atoms with van der Waals surface area (Å²) in [4.78, 5) is 0. The zero-order valence-electron chi connectivity index (χ0n) is 11.7. The molecule has 0 fully saturated rings. The Morgan fingerprint density at radius 1 is 0.765 bits per heavy atom. The van der Waals surface area contributed by atoms with E-state index in [0.29, 0.717) is 12.5 Å². The fraction of sp³-hybridized carbons (Fsp3) is 0.750. The Balaban J connectivity index is 3.55. The number of aliphatic hydroxyl groups is 1. The number of hydrogen-bond acceptors (Lipinski definition) is 1. The Hall–Kier alpha value is -0.560. The van der Waals surface area contributed by atoms with Gasteiger partial charge in [0.15, 0.2) is 0 Å². The number of unbranched alkanes of at least 4 members (excludes halogenated alkanes) is 2. The van der Waals surface area contributed by atoms with E-state index in [2.05, 4.69) is 38.2 Å². The molecule has 0 amide bonds. The molecule has 0 spiro atoms. The standard InChI is InChI=1S/C16H30O/c1-3-5-7-9-11-13-16(15-17)14-12-10-8-6-4-2/h7-10,16-17H,3-6,11-15H2,1-2H3. The first-order valence-corrected chi connectivity index (χ1v) is 7.25. The molecule has 0 aromatic rings. The van der Waals surface area contributed by atoms with Crippen molar-refractivity contribution in [3.63, 3.8) is 0 Å². The zero-order valence-corrected chi connectivity index (χ0v) is 11.7. The maximum absolute atomic E-state index is 9.28. The van der Waals surface area contributed by atoms with Crippen molar-refractivity contribution in [3.05, 3.63) is 24.3 Å². The van der Waals surface area contributed by atoms with Crippen LogP contribution in [0, 0.1) is 5.92 Å². The summed E-state index contributed by atoms with van der Waals surface area (Å²) in [7, 11) is 0. The Bertz CT molecular complexity index is 174. The van der Waals surface area contributed by atoms with Crippen molar-refractivity contribution in [1.82, 2.24) is 0 Å². The highest BCUT2D eigenvalue weighted by Gasteiger charge is 2.04. The maximum atomic E-state index is 9.28. The summed E-state index contributed by atoms with van der Waals surface area (Å²) >= 11 is 0. The molecule has 0 aromatic heterocycles. The van der Waals surface area contributed by atoms with E-state index in [-0.39, 0.29) is 0 Å². The molecular weight excluding hydrogens is 208 g/mol. The minimum atomic E-state index is 0.337. The minimum absolute atomic E-state index is 0.337. The quantitative estimate of drug-likeness (QED) is 0.509. The third kappa shape index (κ3) is 11.7. The Kier molecular flexibility index (Phi) is 13.1. The lowest BCUT2D eigenvalue weighted by Gasteiger charge is -2.11. The van der Waals surface area contributed by atoms with Crippen molar-refractivity contribution >= 4 is 0 Å². The van der Waals surface area contributed by atoms with Gasteiger partial charge in [0.2, 0.25) is 0 Å². The van der Waals surface area contributed by atoms with Crippen LogP contribution in [-0.4, -0.2) is 11.7 Å². The SMILES string of the molecule is CCCC=CCCC(CO)CCC=CCCC. The van der Waals surface area contributed by atoms with Gasteiger partial charge < -0.3 is 5.11 Å². The van der Waals surface area contributed by atoms with Gasteiger partial charge >= 0.3 is 0 Å². The van der Waals surface area contributed by atoms with Crippen LogP contribution < -0.4 is 0 Å². The molecule has 0 aliphatic heterocycles. The largest absolute Gasteiger partial charge is 0.396 e. The smallest absolute Gasteiger partial charge is 0.0459 e. The topological polar surface area (TPSA) is 20.2 Å². The summed E-state index contributed by atoms with van der Waals surface area (Å²) in [5.74, 6) is 0.479. The summed E-state index contributed by atoms with van der Waals surface area (Å²) < 4.78 is 0. The predicted octanol–water partition coefficient (Wildman–Crippen LogP) is 4.87. The lowest BCUT2D eigenvalue weighted by Crippen LogP contribution is -2.04. The molecule has 100 valence electrons. The molecule has 1 heteroatoms. The molecule has 0 aliphatic rings. The average molecular weight is 238 g/mol. The van der Waals surface area contributed by atoms with Crippen LogP contribution in [0.25, 0.3) is 0 Å². The van der Waals surface area contributed by atoms with Gasteiger partial charge in [-0.15, -0.1) is 0 Å². The van der Waals surface area contributed by atoms with E-state index in [1.54, 1.807) is 0 Å². The molecule has 0 aromatic carbocycles. The molecule has 0 saturated carbocycles. The van der Waals surface area contributed by atoms with Crippen LogP contribution >= 0.6 is 0 Å². The molecule has 0 atom stereocenters. The van der Waals surface area contributed by atoms with Crippen LogP contribution in [0.4, 0.5) is 0 Å². The first kappa shape index (κ1) is 16.4. The van der Waals surface area contributed by atoms with Crippen LogP contribution in [0.2, 0.25) is 0 Å². The van der Waals surface area contributed by atoms with E-state index in [1.807, 2.05) is 0 Å². The van der Waals surface area contributed by atoms with E-state index >= 15 is 0 Å². The maximum Gasteiger partial charge on any atom is 0.0459 e. The predicted molar refractivity (Wildman–Crippen MR) is 77.1 cm³/mol. The monoisotopic (exact) mass is 238 g/mol. The fourth-order valence-electron chi connectivity index (χ4n) is 1.80. The van der Waals surface area contributed by atoms with Crippen LogP contribution in [-0.2, 0) is 0 Å². The second-order valence-electron chi connectivity index (χ2n) is 4.72. The summed E-state index contributed by atoms with van der Waals surface area (Å²) in [6, 6.07) is 0. The number of rotatable bonds is 11. The molecule has 1 N–H and O–H groups in total. The van der Waals surface area contributed by atoms with Crippen LogP contribution in [0.5, 0.6) is 0 Å². The van der Waals surface area contributed by atoms with Crippen molar-refractivity contribution in [3.8, 4) is 0 Å². The van der Waals surface area contributed by atoms with Gasteiger partial charge in [-0.2, -0.15) is 0 Å². The molecule has 0 heterocycles. The van der Waals surface area contributed by atoms with Gasteiger partial charge in [-0.25, -0.2) is 0 Å². The van der Waals surface area contributed by atoms with Crippen molar-refractivity contribution in [2.75, 3.05) is 6.61 Å². The van der Waals surface area contributed by atoms with E-state index in [9.17, 15) is 5.11 Å². The van der Waals surface area contributed by atoms with E-state index in [4.69, 9.17) is 0 Å². The van der Waals surface area contributed by atoms with Crippen molar-refractivity contribution in [2.45, 2.75) is 65.2 Å². The first-order chi connectivity index (χ1) is 8.35. The summed E-state index contributed by atoms with van der Waals surface area (Å²) in [5, 5.41) is 9.28. The molecule has 0 saturated heterocycles.